The second kappa shape index (κ2) is 5.30. The first-order valence-electron chi connectivity index (χ1n) is 6.51. The standard InChI is InChI=1S/C16H19ClN2/c1-9(2)14-8-15(17)19-16(18-14)13-7-11(4)10(3)6-12(13)5/h6-9H,1-5H3. The van der Waals surface area contributed by atoms with E-state index in [2.05, 4.69) is 56.7 Å². The molecular formula is C16H19ClN2. The van der Waals surface area contributed by atoms with Gasteiger partial charge in [0.25, 0.3) is 0 Å². The van der Waals surface area contributed by atoms with Crippen LogP contribution in [0.15, 0.2) is 18.2 Å². The van der Waals surface area contributed by atoms with E-state index in [1.807, 2.05) is 6.07 Å². The Labute approximate surface area is 119 Å². The Hall–Kier alpha value is -1.41. The molecule has 100 valence electrons. The molecule has 0 radical (unpaired) electrons. The van der Waals surface area contributed by atoms with E-state index in [9.17, 15) is 0 Å². The van der Waals surface area contributed by atoms with Gasteiger partial charge in [-0.25, -0.2) is 9.97 Å². The first-order valence-corrected chi connectivity index (χ1v) is 6.89. The Morgan fingerprint density at radius 2 is 1.53 bits per heavy atom. The summed E-state index contributed by atoms with van der Waals surface area (Å²) in [5.74, 6) is 1.06. The highest BCUT2D eigenvalue weighted by Crippen LogP contribution is 2.26. The molecule has 0 atom stereocenters. The smallest absolute Gasteiger partial charge is 0.161 e. The number of rotatable bonds is 2. The van der Waals surface area contributed by atoms with E-state index in [4.69, 9.17) is 11.6 Å². The number of halogens is 1. The summed E-state index contributed by atoms with van der Waals surface area (Å²) >= 11 is 6.12. The number of benzene rings is 1. The second-order valence-electron chi connectivity index (χ2n) is 5.35. The molecule has 2 nitrogen and oxygen atoms in total. The van der Waals surface area contributed by atoms with Crippen molar-refractivity contribution in [3.63, 3.8) is 0 Å². The van der Waals surface area contributed by atoms with Crippen LogP contribution in [-0.4, -0.2) is 9.97 Å². The minimum atomic E-state index is 0.339. The highest BCUT2D eigenvalue weighted by atomic mass is 35.5. The van der Waals surface area contributed by atoms with Crippen LogP contribution in [0.4, 0.5) is 0 Å². The molecule has 0 N–H and O–H groups in total. The molecule has 0 bridgehead atoms. The number of hydrogen-bond donors (Lipinski definition) is 0. The average molecular weight is 275 g/mol. The monoisotopic (exact) mass is 274 g/mol. The maximum absolute atomic E-state index is 6.12. The summed E-state index contributed by atoms with van der Waals surface area (Å²) < 4.78 is 0. The SMILES string of the molecule is Cc1cc(C)c(-c2nc(Cl)cc(C(C)C)n2)cc1C. The summed E-state index contributed by atoms with van der Waals surface area (Å²) in [4.78, 5) is 9.01. The molecule has 0 unspecified atom stereocenters. The van der Waals surface area contributed by atoms with Crippen molar-refractivity contribution in [2.24, 2.45) is 0 Å². The molecule has 0 aliphatic rings. The Kier molecular flexibility index (Phi) is 3.91. The second-order valence-corrected chi connectivity index (χ2v) is 5.73. The van der Waals surface area contributed by atoms with Crippen molar-refractivity contribution in [3.8, 4) is 11.4 Å². The van der Waals surface area contributed by atoms with Crippen LogP contribution in [0, 0.1) is 20.8 Å². The van der Waals surface area contributed by atoms with Gasteiger partial charge in [0.2, 0.25) is 0 Å². The van der Waals surface area contributed by atoms with Crippen LogP contribution in [0.5, 0.6) is 0 Å². The van der Waals surface area contributed by atoms with Gasteiger partial charge in [0.05, 0.1) is 0 Å². The first kappa shape index (κ1) is 14.0. The fourth-order valence-corrected chi connectivity index (χ4v) is 2.24. The molecule has 0 fully saturated rings. The normalized spacial score (nSPS) is 11.1. The Morgan fingerprint density at radius 1 is 0.895 bits per heavy atom. The minimum Gasteiger partial charge on any atom is -0.233 e. The quantitative estimate of drug-likeness (QED) is 0.732. The fraction of sp³-hybridized carbons (Fsp3) is 0.375. The number of aromatic nitrogens is 2. The molecule has 3 heteroatoms. The third-order valence-electron chi connectivity index (χ3n) is 3.39. The van der Waals surface area contributed by atoms with Crippen molar-refractivity contribution in [2.45, 2.75) is 40.5 Å². The third-order valence-corrected chi connectivity index (χ3v) is 3.58. The summed E-state index contributed by atoms with van der Waals surface area (Å²) in [5, 5.41) is 0.506. The van der Waals surface area contributed by atoms with E-state index in [-0.39, 0.29) is 0 Å². The van der Waals surface area contributed by atoms with Gasteiger partial charge >= 0.3 is 0 Å². The molecule has 0 amide bonds. The summed E-state index contributed by atoms with van der Waals surface area (Å²) in [5.41, 5.74) is 5.75. The van der Waals surface area contributed by atoms with Gasteiger partial charge in [-0.2, -0.15) is 0 Å². The van der Waals surface area contributed by atoms with Crippen molar-refractivity contribution < 1.29 is 0 Å². The van der Waals surface area contributed by atoms with E-state index in [1.165, 1.54) is 16.7 Å². The lowest BCUT2D eigenvalue weighted by atomic mass is 10.00. The number of nitrogens with zero attached hydrogens (tertiary/aromatic N) is 2. The van der Waals surface area contributed by atoms with Crippen LogP contribution in [0.2, 0.25) is 5.15 Å². The van der Waals surface area contributed by atoms with Gasteiger partial charge in [0.15, 0.2) is 5.82 Å². The Balaban J connectivity index is 2.62. The summed E-state index contributed by atoms with van der Waals surface area (Å²) in [6.07, 6.45) is 0. The molecule has 2 aromatic rings. The lowest BCUT2D eigenvalue weighted by Crippen LogP contribution is -2.00. The van der Waals surface area contributed by atoms with Gasteiger partial charge in [-0.1, -0.05) is 31.5 Å². The molecule has 1 aromatic heterocycles. The van der Waals surface area contributed by atoms with E-state index in [0.29, 0.717) is 11.1 Å². The van der Waals surface area contributed by atoms with Gasteiger partial charge in [-0.15, -0.1) is 0 Å². The van der Waals surface area contributed by atoms with Gasteiger partial charge in [-0.3, -0.25) is 0 Å². The predicted molar refractivity (Wildman–Crippen MR) is 80.8 cm³/mol. The average Bonchev–Trinajstić information content (AvgIpc) is 2.33. The van der Waals surface area contributed by atoms with Crippen molar-refractivity contribution in [1.29, 1.82) is 0 Å². The molecule has 1 aromatic carbocycles. The molecule has 0 aliphatic carbocycles. The maximum Gasteiger partial charge on any atom is 0.161 e. The van der Waals surface area contributed by atoms with E-state index in [0.717, 1.165) is 17.1 Å². The van der Waals surface area contributed by atoms with Crippen LogP contribution >= 0.6 is 11.6 Å². The molecule has 1 heterocycles. The third kappa shape index (κ3) is 2.95. The topological polar surface area (TPSA) is 25.8 Å². The molecule has 19 heavy (non-hydrogen) atoms. The molecular weight excluding hydrogens is 256 g/mol. The minimum absolute atomic E-state index is 0.339. The lowest BCUT2D eigenvalue weighted by Gasteiger charge is -2.11. The first-order chi connectivity index (χ1) is 8.88. The highest BCUT2D eigenvalue weighted by Gasteiger charge is 2.11. The molecule has 0 saturated carbocycles. The van der Waals surface area contributed by atoms with E-state index < -0.39 is 0 Å². The summed E-state index contributed by atoms with van der Waals surface area (Å²) in [7, 11) is 0. The summed E-state index contributed by atoms with van der Waals surface area (Å²) in [6, 6.07) is 6.15. The lowest BCUT2D eigenvalue weighted by molar-refractivity contribution is 0.816. The zero-order chi connectivity index (χ0) is 14.2. The number of hydrogen-bond acceptors (Lipinski definition) is 2. The van der Waals surface area contributed by atoms with Crippen LogP contribution in [0.25, 0.3) is 11.4 Å². The zero-order valence-electron chi connectivity index (χ0n) is 12.1. The van der Waals surface area contributed by atoms with Crippen molar-refractivity contribution in [2.75, 3.05) is 0 Å². The van der Waals surface area contributed by atoms with Crippen LogP contribution in [-0.2, 0) is 0 Å². The van der Waals surface area contributed by atoms with Gasteiger partial charge in [0.1, 0.15) is 5.15 Å². The molecule has 0 spiro atoms. The zero-order valence-corrected chi connectivity index (χ0v) is 12.8. The van der Waals surface area contributed by atoms with Gasteiger partial charge < -0.3 is 0 Å². The van der Waals surface area contributed by atoms with Crippen molar-refractivity contribution in [3.05, 3.63) is 45.7 Å². The fourth-order valence-electron chi connectivity index (χ4n) is 2.05. The molecule has 0 saturated heterocycles. The van der Waals surface area contributed by atoms with Crippen LogP contribution < -0.4 is 0 Å². The predicted octanol–water partition coefficient (Wildman–Crippen LogP) is 4.85. The van der Waals surface area contributed by atoms with E-state index >= 15 is 0 Å². The van der Waals surface area contributed by atoms with Gasteiger partial charge in [0, 0.05) is 11.3 Å². The van der Waals surface area contributed by atoms with Crippen molar-refractivity contribution in [1.82, 2.24) is 9.97 Å². The maximum atomic E-state index is 6.12. The largest absolute Gasteiger partial charge is 0.233 e. The molecule has 0 aliphatic heterocycles. The number of aryl methyl sites for hydroxylation is 3. The highest BCUT2D eigenvalue weighted by molar-refractivity contribution is 6.29. The summed E-state index contributed by atoms with van der Waals surface area (Å²) in [6.45, 7) is 10.5. The Morgan fingerprint density at radius 3 is 2.16 bits per heavy atom. The Bertz CT molecular complexity index is 618. The van der Waals surface area contributed by atoms with Crippen LogP contribution in [0.1, 0.15) is 42.1 Å². The van der Waals surface area contributed by atoms with E-state index in [1.54, 1.807) is 0 Å². The molecule has 2 rings (SSSR count). The van der Waals surface area contributed by atoms with Gasteiger partial charge in [-0.05, 0) is 55.5 Å². The van der Waals surface area contributed by atoms with Crippen molar-refractivity contribution >= 4 is 11.6 Å². The van der Waals surface area contributed by atoms with Crippen LogP contribution in [0.3, 0.4) is 0 Å².